The highest BCUT2D eigenvalue weighted by Gasteiger charge is 2.33. The molecule has 0 saturated carbocycles. The molecule has 0 aliphatic carbocycles. The molecule has 2 aromatic rings. The zero-order chi connectivity index (χ0) is 18.8. The maximum absolute atomic E-state index is 12.9. The van der Waals surface area contributed by atoms with Gasteiger partial charge in [-0.25, -0.2) is 0 Å². The van der Waals surface area contributed by atoms with Crippen LogP contribution in [0.3, 0.4) is 0 Å². The molecule has 1 aliphatic heterocycles. The van der Waals surface area contributed by atoms with Crippen LogP contribution in [0, 0.1) is 0 Å². The summed E-state index contributed by atoms with van der Waals surface area (Å²) in [6.45, 7) is 0. The second kappa shape index (κ2) is 7.88. The first kappa shape index (κ1) is 19.0. The van der Waals surface area contributed by atoms with Crippen molar-refractivity contribution in [3.63, 3.8) is 0 Å². The Morgan fingerprint density at radius 1 is 1.08 bits per heavy atom. The average molecular weight is 426 g/mol. The summed E-state index contributed by atoms with van der Waals surface area (Å²) >= 11 is 18.6. The van der Waals surface area contributed by atoms with E-state index in [4.69, 9.17) is 44.9 Å². The Kier molecular flexibility index (Phi) is 5.77. The van der Waals surface area contributed by atoms with Crippen LogP contribution in [0.5, 0.6) is 11.5 Å². The van der Waals surface area contributed by atoms with Crippen LogP contribution in [0.1, 0.15) is 5.56 Å². The molecule has 1 fully saturated rings. The summed E-state index contributed by atoms with van der Waals surface area (Å²) in [7, 11) is 3.15. The fourth-order valence-corrected chi connectivity index (χ4v) is 3.99. The molecule has 1 saturated heterocycles. The lowest BCUT2D eigenvalue weighted by molar-refractivity contribution is -0.113. The highest BCUT2D eigenvalue weighted by Crippen LogP contribution is 2.39. The zero-order valence-corrected chi connectivity index (χ0v) is 16.9. The molecule has 0 N–H and O–H groups in total. The van der Waals surface area contributed by atoms with E-state index in [0.717, 1.165) is 5.56 Å². The minimum Gasteiger partial charge on any atom is -0.497 e. The van der Waals surface area contributed by atoms with Crippen LogP contribution in [0.4, 0.5) is 5.69 Å². The van der Waals surface area contributed by atoms with Gasteiger partial charge in [-0.15, -0.1) is 0 Å². The highest BCUT2D eigenvalue weighted by molar-refractivity contribution is 8.27. The number of ether oxygens (including phenoxy) is 2. The van der Waals surface area contributed by atoms with Crippen LogP contribution in [-0.4, -0.2) is 24.4 Å². The van der Waals surface area contributed by atoms with Gasteiger partial charge in [0.1, 0.15) is 11.5 Å². The molecule has 0 aromatic heterocycles. The van der Waals surface area contributed by atoms with Gasteiger partial charge >= 0.3 is 0 Å². The van der Waals surface area contributed by atoms with Crippen LogP contribution < -0.4 is 14.4 Å². The van der Waals surface area contributed by atoms with Crippen molar-refractivity contribution in [1.82, 2.24) is 0 Å². The van der Waals surface area contributed by atoms with E-state index in [2.05, 4.69) is 0 Å². The van der Waals surface area contributed by atoms with Gasteiger partial charge in [-0.3, -0.25) is 9.69 Å². The van der Waals surface area contributed by atoms with Crippen molar-refractivity contribution in [2.75, 3.05) is 19.1 Å². The van der Waals surface area contributed by atoms with E-state index in [1.807, 2.05) is 0 Å². The van der Waals surface area contributed by atoms with Crippen molar-refractivity contribution < 1.29 is 14.3 Å². The van der Waals surface area contributed by atoms with Gasteiger partial charge in [0.05, 0.1) is 34.9 Å². The molecule has 0 unspecified atom stereocenters. The number of carbonyl (C=O) groups is 1. The summed E-state index contributed by atoms with van der Waals surface area (Å²) in [5.41, 5.74) is 1.30. The number of benzene rings is 2. The second-order valence-corrected chi connectivity index (χ2v) is 7.71. The lowest BCUT2D eigenvalue weighted by Crippen LogP contribution is -2.27. The van der Waals surface area contributed by atoms with E-state index in [-0.39, 0.29) is 5.91 Å². The summed E-state index contributed by atoms with van der Waals surface area (Å²) in [6.07, 6.45) is 1.73. The van der Waals surface area contributed by atoms with E-state index < -0.39 is 0 Å². The predicted molar refractivity (Wildman–Crippen MR) is 112 cm³/mol. The van der Waals surface area contributed by atoms with Crippen LogP contribution in [0.15, 0.2) is 41.3 Å². The maximum atomic E-state index is 12.9. The molecular formula is C18H13Cl2NO3S2. The van der Waals surface area contributed by atoms with E-state index in [1.165, 1.54) is 16.7 Å². The third-order valence-corrected chi connectivity index (χ3v) is 5.72. The smallest absolute Gasteiger partial charge is 0.270 e. The van der Waals surface area contributed by atoms with Crippen LogP contribution in [0.25, 0.3) is 6.08 Å². The molecule has 1 aliphatic rings. The van der Waals surface area contributed by atoms with E-state index in [0.29, 0.717) is 36.5 Å². The van der Waals surface area contributed by atoms with E-state index >= 15 is 0 Å². The lowest BCUT2D eigenvalue weighted by Gasteiger charge is -2.15. The molecule has 4 nitrogen and oxygen atoms in total. The number of hydrogen-bond acceptors (Lipinski definition) is 5. The first-order chi connectivity index (χ1) is 12.4. The number of anilines is 1. The Morgan fingerprint density at radius 3 is 2.50 bits per heavy atom. The molecule has 3 rings (SSSR count). The third-order valence-electron chi connectivity index (χ3n) is 3.68. The van der Waals surface area contributed by atoms with E-state index in [1.54, 1.807) is 56.7 Å². The number of amides is 1. The Morgan fingerprint density at radius 2 is 1.85 bits per heavy atom. The predicted octanol–water partition coefficient (Wildman–Crippen LogP) is 5.42. The number of thioether (sulfide) groups is 1. The minimum absolute atomic E-state index is 0.233. The molecule has 1 heterocycles. The second-order valence-electron chi connectivity index (χ2n) is 5.22. The number of halogens is 2. The zero-order valence-electron chi connectivity index (χ0n) is 13.8. The van der Waals surface area contributed by atoms with Crippen molar-refractivity contribution in [1.29, 1.82) is 0 Å². The van der Waals surface area contributed by atoms with Gasteiger partial charge in [-0.1, -0.05) is 47.2 Å². The van der Waals surface area contributed by atoms with Gasteiger partial charge in [-0.05, 0) is 42.5 Å². The monoisotopic (exact) mass is 425 g/mol. The number of thiocarbonyl (C=S) groups is 1. The van der Waals surface area contributed by atoms with Crippen LogP contribution in [0.2, 0.25) is 10.0 Å². The third kappa shape index (κ3) is 3.69. The number of carbonyl (C=O) groups excluding carboxylic acids is 1. The summed E-state index contributed by atoms with van der Waals surface area (Å²) in [5.74, 6) is 1.06. The van der Waals surface area contributed by atoms with Gasteiger partial charge in [0, 0.05) is 5.56 Å². The Bertz CT molecular complexity index is 931. The van der Waals surface area contributed by atoms with Gasteiger partial charge in [-0.2, -0.15) is 0 Å². The SMILES string of the molecule is COc1ccc(OC)c(C=C2SC(=S)N(c3ccc(Cl)c(Cl)c3)C2=O)c1. The lowest BCUT2D eigenvalue weighted by atomic mass is 10.1. The van der Waals surface area contributed by atoms with Crippen LogP contribution in [-0.2, 0) is 4.79 Å². The maximum Gasteiger partial charge on any atom is 0.270 e. The average Bonchev–Trinajstić information content (AvgIpc) is 2.91. The molecule has 8 heteroatoms. The Labute approximate surface area is 170 Å². The number of methoxy groups -OCH3 is 2. The topological polar surface area (TPSA) is 38.8 Å². The first-order valence-corrected chi connectivity index (χ1v) is 9.37. The quantitative estimate of drug-likeness (QED) is 0.483. The van der Waals surface area contributed by atoms with Crippen molar-refractivity contribution >= 4 is 69.2 Å². The molecular weight excluding hydrogens is 413 g/mol. The molecule has 134 valence electrons. The Hall–Kier alpha value is -1.73. The van der Waals surface area contributed by atoms with Crippen molar-refractivity contribution in [2.24, 2.45) is 0 Å². The largest absolute Gasteiger partial charge is 0.497 e. The molecule has 0 radical (unpaired) electrons. The minimum atomic E-state index is -0.233. The van der Waals surface area contributed by atoms with Crippen molar-refractivity contribution in [3.8, 4) is 11.5 Å². The normalized spacial score (nSPS) is 15.7. The number of nitrogens with zero attached hydrogens (tertiary/aromatic N) is 1. The fourth-order valence-electron chi connectivity index (χ4n) is 2.41. The standard InChI is InChI=1S/C18H13Cl2NO3S2/c1-23-12-4-6-15(24-2)10(7-12)8-16-17(22)21(18(25)26-16)11-3-5-13(19)14(20)9-11/h3-9H,1-2H3. The van der Waals surface area contributed by atoms with Crippen molar-refractivity contribution in [3.05, 3.63) is 56.9 Å². The molecule has 26 heavy (non-hydrogen) atoms. The summed E-state index contributed by atoms with van der Waals surface area (Å²) in [6, 6.07) is 10.3. The van der Waals surface area contributed by atoms with Gasteiger partial charge in [0.15, 0.2) is 4.32 Å². The van der Waals surface area contributed by atoms with Gasteiger partial charge in [0.25, 0.3) is 5.91 Å². The fraction of sp³-hybridized carbons (Fsp3) is 0.111. The first-order valence-electron chi connectivity index (χ1n) is 7.39. The van der Waals surface area contributed by atoms with Gasteiger partial charge < -0.3 is 9.47 Å². The van der Waals surface area contributed by atoms with Crippen LogP contribution >= 0.6 is 47.2 Å². The number of hydrogen-bond donors (Lipinski definition) is 0. The highest BCUT2D eigenvalue weighted by atomic mass is 35.5. The molecule has 0 bridgehead atoms. The molecule has 1 amide bonds. The summed E-state index contributed by atoms with van der Waals surface area (Å²) < 4.78 is 11.0. The summed E-state index contributed by atoms with van der Waals surface area (Å²) in [5, 5.41) is 0.772. The molecule has 2 aromatic carbocycles. The number of rotatable bonds is 4. The van der Waals surface area contributed by atoms with Crippen molar-refractivity contribution in [2.45, 2.75) is 0 Å². The molecule has 0 spiro atoms. The van der Waals surface area contributed by atoms with Gasteiger partial charge in [0.2, 0.25) is 0 Å². The Balaban J connectivity index is 1.98. The van der Waals surface area contributed by atoms with E-state index in [9.17, 15) is 4.79 Å². The summed E-state index contributed by atoms with van der Waals surface area (Å²) in [4.78, 5) is 14.8. The molecule has 0 atom stereocenters.